The van der Waals surface area contributed by atoms with Crippen LogP contribution in [0.15, 0.2) is 30.3 Å². The molecule has 0 radical (unpaired) electrons. The number of carbonyl (C=O) groups excluding carboxylic acids is 1. The summed E-state index contributed by atoms with van der Waals surface area (Å²) in [5.41, 5.74) is 5.71. The molecule has 6 nitrogen and oxygen atoms in total. The molecule has 1 aliphatic rings. The molecule has 29 heavy (non-hydrogen) atoms. The molecule has 1 fully saturated rings. The van der Waals surface area contributed by atoms with Crippen molar-refractivity contribution in [1.29, 1.82) is 0 Å². The molecule has 0 saturated carbocycles. The highest BCUT2D eigenvalue weighted by atomic mass is 32.1. The van der Waals surface area contributed by atoms with Crippen LogP contribution in [0.3, 0.4) is 0 Å². The first-order valence-electron chi connectivity index (χ1n) is 9.63. The van der Waals surface area contributed by atoms with E-state index in [4.69, 9.17) is 9.72 Å². The van der Waals surface area contributed by atoms with E-state index in [9.17, 15) is 4.79 Å². The predicted molar refractivity (Wildman–Crippen MR) is 116 cm³/mol. The Morgan fingerprint density at radius 3 is 2.62 bits per heavy atom. The summed E-state index contributed by atoms with van der Waals surface area (Å²) in [4.78, 5) is 19.4. The molecule has 4 aromatic rings. The average Bonchev–Trinajstić information content (AvgIpc) is 3.38. The van der Waals surface area contributed by atoms with Gasteiger partial charge in [0.1, 0.15) is 17.1 Å². The first-order valence-corrected chi connectivity index (χ1v) is 11.2. The van der Waals surface area contributed by atoms with Gasteiger partial charge in [-0.1, -0.05) is 23.5 Å². The maximum atomic E-state index is 12.9. The van der Waals surface area contributed by atoms with Crippen LogP contribution in [0.5, 0.6) is 5.19 Å². The lowest BCUT2D eigenvalue weighted by Crippen LogP contribution is -2.41. The highest BCUT2D eigenvalue weighted by molar-refractivity contribution is 7.20. The minimum atomic E-state index is 0.0459. The van der Waals surface area contributed by atoms with Crippen LogP contribution in [0.25, 0.3) is 21.3 Å². The molecule has 2 aromatic heterocycles. The van der Waals surface area contributed by atoms with Crippen LogP contribution in [-0.2, 0) is 0 Å². The fraction of sp³-hybridized carbons (Fsp3) is 0.333. The number of likely N-dealkylation sites (tertiary alicyclic amines) is 1. The van der Waals surface area contributed by atoms with E-state index in [0.29, 0.717) is 18.7 Å². The second-order valence-electron chi connectivity index (χ2n) is 7.43. The van der Waals surface area contributed by atoms with Gasteiger partial charge in [0.25, 0.3) is 11.1 Å². The number of rotatable bonds is 3. The van der Waals surface area contributed by atoms with E-state index in [1.807, 2.05) is 23.1 Å². The Balaban J connectivity index is 1.25. The van der Waals surface area contributed by atoms with E-state index in [0.717, 1.165) is 34.6 Å². The second-order valence-corrected chi connectivity index (χ2v) is 8.92. The Morgan fingerprint density at radius 2 is 1.83 bits per heavy atom. The van der Waals surface area contributed by atoms with Gasteiger partial charge in [-0.2, -0.15) is 8.75 Å². The Kier molecular flexibility index (Phi) is 4.67. The van der Waals surface area contributed by atoms with Crippen molar-refractivity contribution in [2.24, 2.45) is 0 Å². The summed E-state index contributed by atoms with van der Waals surface area (Å²) in [5, 5.41) is 0.726. The van der Waals surface area contributed by atoms with Gasteiger partial charge < -0.3 is 9.64 Å². The molecule has 1 saturated heterocycles. The van der Waals surface area contributed by atoms with Gasteiger partial charge in [-0.15, -0.1) is 0 Å². The van der Waals surface area contributed by atoms with Crippen molar-refractivity contribution >= 4 is 50.2 Å². The first-order chi connectivity index (χ1) is 14.1. The Morgan fingerprint density at radius 1 is 1.07 bits per heavy atom. The largest absolute Gasteiger partial charge is 0.467 e. The number of benzene rings is 2. The summed E-state index contributed by atoms with van der Waals surface area (Å²) in [5.74, 6) is 0.0459. The molecule has 0 unspecified atom stereocenters. The zero-order valence-electron chi connectivity index (χ0n) is 16.2. The average molecular weight is 425 g/mol. The second kappa shape index (κ2) is 7.35. The number of thiazole rings is 1. The lowest BCUT2D eigenvalue weighted by molar-refractivity contribution is 0.0595. The molecule has 8 heteroatoms. The zero-order valence-corrected chi connectivity index (χ0v) is 17.8. The molecular weight excluding hydrogens is 404 g/mol. The number of hydrogen-bond acceptors (Lipinski definition) is 7. The van der Waals surface area contributed by atoms with Crippen molar-refractivity contribution in [3.63, 3.8) is 0 Å². The van der Waals surface area contributed by atoms with Crippen molar-refractivity contribution < 1.29 is 9.53 Å². The third-order valence-electron chi connectivity index (χ3n) is 5.42. The van der Waals surface area contributed by atoms with Crippen LogP contribution in [0.4, 0.5) is 0 Å². The minimum Gasteiger partial charge on any atom is -0.467 e. The summed E-state index contributed by atoms with van der Waals surface area (Å²) < 4.78 is 15.8. The zero-order chi connectivity index (χ0) is 20.0. The molecule has 3 heterocycles. The van der Waals surface area contributed by atoms with E-state index in [-0.39, 0.29) is 12.0 Å². The SMILES string of the molecule is Cc1ccc(C)c2sc(OC3CCN(C(=O)c4ccc5nsnc5c4)CC3)nc12. The molecule has 0 aliphatic carbocycles. The number of amides is 1. The summed E-state index contributed by atoms with van der Waals surface area (Å²) in [6.07, 6.45) is 1.70. The summed E-state index contributed by atoms with van der Waals surface area (Å²) in [6.45, 7) is 5.54. The van der Waals surface area contributed by atoms with E-state index in [1.54, 1.807) is 11.3 Å². The van der Waals surface area contributed by atoms with Crippen LogP contribution in [0, 0.1) is 13.8 Å². The van der Waals surface area contributed by atoms with E-state index < -0.39 is 0 Å². The lowest BCUT2D eigenvalue weighted by atomic mass is 10.1. The number of fused-ring (bicyclic) bond motifs is 2. The Labute approximate surface area is 176 Å². The van der Waals surface area contributed by atoms with Gasteiger partial charge in [0, 0.05) is 31.5 Å². The van der Waals surface area contributed by atoms with E-state index >= 15 is 0 Å². The maximum Gasteiger partial charge on any atom is 0.274 e. The molecule has 0 spiro atoms. The van der Waals surface area contributed by atoms with Crippen molar-refractivity contribution in [1.82, 2.24) is 18.6 Å². The van der Waals surface area contributed by atoms with Crippen LogP contribution in [0.1, 0.15) is 34.3 Å². The number of piperidine rings is 1. The third kappa shape index (κ3) is 3.47. The van der Waals surface area contributed by atoms with Crippen molar-refractivity contribution in [2.45, 2.75) is 32.8 Å². The predicted octanol–water partition coefficient (Wildman–Crippen LogP) is 4.60. The Hall–Kier alpha value is -2.58. The van der Waals surface area contributed by atoms with Crippen molar-refractivity contribution in [2.75, 3.05) is 13.1 Å². The fourth-order valence-corrected chi connectivity index (χ4v) is 5.25. The van der Waals surface area contributed by atoms with Gasteiger partial charge in [0.05, 0.1) is 21.9 Å². The normalized spacial score (nSPS) is 15.3. The first kappa shape index (κ1) is 18.4. The van der Waals surface area contributed by atoms with Gasteiger partial charge >= 0.3 is 0 Å². The van der Waals surface area contributed by atoms with Crippen LogP contribution >= 0.6 is 23.1 Å². The minimum absolute atomic E-state index is 0.0459. The van der Waals surface area contributed by atoms with Gasteiger partial charge in [0.15, 0.2) is 0 Å². The summed E-state index contributed by atoms with van der Waals surface area (Å²) in [6, 6.07) is 9.75. The van der Waals surface area contributed by atoms with Gasteiger partial charge in [-0.3, -0.25) is 4.79 Å². The van der Waals surface area contributed by atoms with Gasteiger partial charge in [-0.25, -0.2) is 4.98 Å². The van der Waals surface area contributed by atoms with Crippen LogP contribution < -0.4 is 4.74 Å². The molecule has 0 bridgehead atoms. The number of carbonyl (C=O) groups is 1. The number of aromatic nitrogens is 3. The lowest BCUT2D eigenvalue weighted by Gasteiger charge is -2.31. The summed E-state index contributed by atoms with van der Waals surface area (Å²) in [7, 11) is 0. The Bertz CT molecular complexity index is 1170. The van der Waals surface area contributed by atoms with Gasteiger partial charge in [-0.05, 0) is 43.2 Å². The molecule has 5 rings (SSSR count). The smallest absolute Gasteiger partial charge is 0.274 e. The van der Waals surface area contributed by atoms with E-state index in [2.05, 4.69) is 34.7 Å². The molecule has 1 aliphatic heterocycles. The standard InChI is InChI=1S/C21H20N4O2S2/c1-12-3-4-13(2)19-18(12)22-21(28-19)27-15-7-9-25(10-8-15)20(26)14-5-6-16-17(11-14)24-29-23-16/h3-6,11,15H,7-10H2,1-2H3. The number of aryl methyl sites for hydroxylation is 2. The molecule has 0 N–H and O–H groups in total. The quantitative estimate of drug-likeness (QED) is 0.481. The van der Waals surface area contributed by atoms with Crippen molar-refractivity contribution in [3.05, 3.63) is 47.0 Å². The maximum absolute atomic E-state index is 12.9. The van der Waals surface area contributed by atoms with Crippen LogP contribution in [-0.4, -0.2) is 43.7 Å². The molecule has 148 valence electrons. The highest BCUT2D eigenvalue weighted by Crippen LogP contribution is 2.33. The molecule has 0 atom stereocenters. The number of hydrogen-bond donors (Lipinski definition) is 0. The fourth-order valence-electron chi connectivity index (χ4n) is 3.71. The van der Waals surface area contributed by atoms with E-state index in [1.165, 1.54) is 27.6 Å². The monoisotopic (exact) mass is 424 g/mol. The van der Waals surface area contributed by atoms with Gasteiger partial charge in [0.2, 0.25) is 0 Å². The number of nitrogens with zero attached hydrogens (tertiary/aromatic N) is 4. The van der Waals surface area contributed by atoms with Crippen molar-refractivity contribution in [3.8, 4) is 5.19 Å². The molecule has 2 aromatic carbocycles. The third-order valence-corrected chi connectivity index (χ3v) is 7.06. The number of ether oxygens (including phenoxy) is 1. The molecular formula is C21H20N4O2S2. The summed E-state index contributed by atoms with van der Waals surface area (Å²) >= 11 is 2.78. The topological polar surface area (TPSA) is 68.2 Å². The highest BCUT2D eigenvalue weighted by Gasteiger charge is 2.26. The van der Waals surface area contributed by atoms with Crippen LogP contribution in [0.2, 0.25) is 0 Å². The molecule has 1 amide bonds.